The first-order chi connectivity index (χ1) is 11.3. The molecule has 0 heterocycles. The molecule has 0 aliphatic carbocycles. The molecule has 0 bridgehead atoms. The Balaban J connectivity index is 2.35. The van der Waals surface area contributed by atoms with Crippen molar-refractivity contribution in [1.82, 2.24) is 0 Å². The molecule has 0 saturated carbocycles. The van der Waals surface area contributed by atoms with E-state index >= 15 is 0 Å². The molecular formula is C17H12Cl2O5. The van der Waals surface area contributed by atoms with Crippen LogP contribution in [-0.2, 0) is 0 Å². The van der Waals surface area contributed by atoms with Crippen molar-refractivity contribution in [1.29, 1.82) is 0 Å². The zero-order valence-corrected chi connectivity index (χ0v) is 13.9. The molecule has 5 nitrogen and oxygen atoms in total. The molecule has 24 heavy (non-hydrogen) atoms. The van der Waals surface area contributed by atoms with Crippen LogP contribution in [0.4, 0.5) is 0 Å². The van der Waals surface area contributed by atoms with Gasteiger partial charge >= 0.3 is 5.97 Å². The Morgan fingerprint density at radius 2 is 1.75 bits per heavy atom. The van der Waals surface area contributed by atoms with Gasteiger partial charge in [0.05, 0.1) is 28.3 Å². The molecule has 0 saturated heterocycles. The summed E-state index contributed by atoms with van der Waals surface area (Å²) in [5, 5.41) is 19.0. The Kier molecular flexibility index (Phi) is 5.49. The average molecular weight is 367 g/mol. The van der Waals surface area contributed by atoms with E-state index in [-0.39, 0.29) is 32.5 Å². The lowest BCUT2D eigenvalue weighted by atomic mass is 10.1. The highest BCUT2D eigenvalue weighted by molar-refractivity contribution is 6.41. The Bertz CT molecular complexity index is 820. The minimum absolute atomic E-state index is 0.0135. The standard InChI is InChI=1S/C17H12Cl2O5/c1-24-11-7-12(18)16(13(19)8-11)15(21)5-2-9-6-10(17(22)23)3-4-14(9)20/h2-8,20H,1H3,(H,22,23)/b5-2+. The van der Waals surface area contributed by atoms with Gasteiger partial charge in [-0.2, -0.15) is 0 Å². The van der Waals surface area contributed by atoms with Gasteiger partial charge in [-0.05, 0) is 42.5 Å². The summed E-state index contributed by atoms with van der Waals surface area (Å²) in [6.45, 7) is 0. The molecule has 0 aliphatic rings. The summed E-state index contributed by atoms with van der Waals surface area (Å²) >= 11 is 12.1. The number of allylic oxidation sites excluding steroid dienone is 1. The topological polar surface area (TPSA) is 83.8 Å². The van der Waals surface area contributed by atoms with Crippen molar-refractivity contribution in [3.63, 3.8) is 0 Å². The number of carboxylic acid groups (broad SMARTS) is 1. The van der Waals surface area contributed by atoms with Crippen LogP contribution in [-0.4, -0.2) is 29.1 Å². The molecule has 7 heteroatoms. The lowest BCUT2D eigenvalue weighted by Gasteiger charge is -2.07. The van der Waals surface area contributed by atoms with Crippen LogP contribution in [0.5, 0.6) is 11.5 Å². The van der Waals surface area contributed by atoms with Gasteiger partial charge in [0.25, 0.3) is 0 Å². The zero-order valence-electron chi connectivity index (χ0n) is 12.4. The number of carboxylic acids is 1. The van der Waals surface area contributed by atoms with Gasteiger partial charge in [0, 0.05) is 5.56 Å². The van der Waals surface area contributed by atoms with Crippen molar-refractivity contribution in [2.75, 3.05) is 7.11 Å². The van der Waals surface area contributed by atoms with E-state index in [0.29, 0.717) is 5.75 Å². The van der Waals surface area contributed by atoms with Gasteiger partial charge in [-0.15, -0.1) is 0 Å². The fourth-order valence-corrected chi connectivity index (χ4v) is 2.63. The third-order valence-electron chi connectivity index (χ3n) is 3.19. The molecule has 2 aromatic carbocycles. The fraction of sp³-hybridized carbons (Fsp3) is 0.0588. The quantitative estimate of drug-likeness (QED) is 0.608. The Labute approximate surface area is 147 Å². The molecule has 2 aromatic rings. The Morgan fingerprint density at radius 3 is 2.29 bits per heavy atom. The van der Waals surface area contributed by atoms with Crippen LogP contribution in [0.2, 0.25) is 10.0 Å². The number of methoxy groups -OCH3 is 1. The van der Waals surface area contributed by atoms with Crippen LogP contribution in [0.25, 0.3) is 6.08 Å². The summed E-state index contributed by atoms with van der Waals surface area (Å²) in [5.74, 6) is -1.38. The van der Waals surface area contributed by atoms with Gasteiger partial charge in [0.15, 0.2) is 5.78 Å². The second kappa shape index (κ2) is 7.38. The summed E-state index contributed by atoms with van der Waals surface area (Å²) in [7, 11) is 1.45. The number of carbonyl (C=O) groups excluding carboxylic acids is 1. The number of halogens is 2. The first-order valence-corrected chi connectivity index (χ1v) is 7.41. The van der Waals surface area contributed by atoms with E-state index in [9.17, 15) is 14.7 Å². The normalized spacial score (nSPS) is 10.8. The van der Waals surface area contributed by atoms with Crippen molar-refractivity contribution in [3.8, 4) is 11.5 Å². The predicted octanol–water partition coefficient (Wildman–Crippen LogP) is 4.30. The minimum atomic E-state index is -1.14. The summed E-state index contributed by atoms with van der Waals surface area (Å²) in [6.07, 6.45) is 2.45. The zero-order chi connectivity index (χ0) is 17.9. The molecule has 0 radical (unpaired) electrons. The molecule has 2 N–H and O–H groups in total. The van der Waals surface area contributed by atoms with Crippen LogP contribution < -0.4 is 4.74 Å². The van der Waals surface area contributed by atoms with E-state index in [2.05, 4.69) is 0 Å². The molecular weight excluding hydrogens is 355 g/mol. The molecule has 0 fully saturated rings. The van der Waals surface area contributed by atoms with Gasteiger partial charge < -0.3 is 14.9 Å². The first kappa shape index (κ1) is 17.8. The number of ketones is 1. The molecule has 124 valence electrons. The molecule has 0 spiro atoms. The maximum absolute atomic E-state index is 12.3. The number of hydrogen-bond donors (Lipinski definition) is 2. The minimum Gasteiger partial charge on any atom is -0.507 e. The largest absolute Gasteiger partial charge is 0.507 e. The summed E-state index contributed by atoms with van der Waals surface area (Å²) < 4.78 is 5.00. The maximum Gasteiger partial charge on any atom is 0.335 e. The number of aromatic hydroxyl groups is 1. The van der Waals surface area contributed by atoms with Gasteiger partial charge in [-0.1, -0.05) is 23.2 Å². The number of rotatable bonds is 5. The fourth-order valence-electron chi connectivity index (χ4n) is 1.97. The number of phenolic OH excluding ortho intramolecular Hbond substituents is 1. The Morgan fingerprint density at radius 1 is 1.12 bits per heavy atom. The van der Waals surface area contributed by atoms with E-state index in [4.69, 9.17) is 33.0 Å². The number of aromatic carboxylic acids is 1. The van der Waals surface area contributed by atoms with Gasteiger partial charge in [-0.25, -0.2) is 4.79 Å². The number of ether oxygens (including phenoxy) is 1. The third kappa shape index (κ3) is 3.88. The smallest absolute Gasteiger partial charge is 0.335 e. The van der Waals surface area contributed by atoms with E-state index < -0.39 is 11.8 Å². The number of benzene rings is 2. The molecule has 0 aromatic heterocycles. The van der Waals surface area contributed by atoms with Crippen LogP contribution in [0.3, 0.4) is 0 Å². The van der Waals surface area contributed by atoms with Crippen molar-refractivity contribution in [2.24, 2.45) is 0 Å². The highest BCUT2D eigenvalue weighted by Gasteiger charge is 2.15. The van der Waals surface area contributed by atoms with Crippen molar-refractivity contribution >= 4 is 41.0 Å². The molecule has 0 atom stereocenters. The summed E-state index contributed by atoms with van der Waals surface area (Å²) in [4.78, 5) is 23.2. The second-order valence-corrected chi connectivity index (χ2v) is 5.56. The van der Waals surface area contributed by atoms with E-state index in [1.54, 1.807) is 0 Å². The monoisotopic (exact) mass is 366 g/mol. The SMILES string of the molecule is COc1cc(Cl)c(C(=O)/C=C/c2cc(C(=O)O)ccc2O)c(Cl)c1. The second-order valence-electron chi connectivity index (χ2n) is 4.74. The van der Waals surface area contributed by atoms with Crippen LogP contribution in [0.15, 0.2) is 36.4 Å². The third-order valence-corrected chi connectivity index (χ3v) is 3.78. The van der Waals surface area contributed by atoms with Gasteiger partial charge in [0.1, 0.15) is 11.5 Å². The Hall–Kier alpha value is -2.50. The van der Waals surface area contributed by atoms with Crippen molar-refractivity contribution in [3.05, 3.63) is 63.1 Å². The summed E-state index contributed by atoms with van der Waals surface area (Å²) in [6, 6.07) is 6.65. The van der Waals surface area contributed by atoms with Crippen molar-refractivity contribution < 1.29 is 24.5 Å². The number of hydrogen-bond acceptors (Lipinski definition) is 4. The van der Waals surface area contributed by atoms with Crippen molar-refractivity contribution in [2.45, 2.75) is 0 Å². The van der Waals surface area contributed by atoms with Crippen LogP contribution in [0, 0.1) is 0 Å². The van der Waals surface area contributed by atoms with E-state index in [1.165, 1.54) is 43.5 Å². The molecule has 0 aliphatic heterocycles. The van der Waals surface area contributed by atoms with Crippen LogP contribution in [0.1, 0.15) is 26.3 Å². The highest BCUT2D eigenvalue weighted by atomic mass is 35.5. The summed E-state index contributed by atoms with van der Waals surface area (Å²) in [5.41, 5.74) is 0.258. The molecule has 0 unspecified atom stereocenters. The maximum atomic E-state index is 12.3. The van der Waals surface area contributed by atoms with Gasteiger partial charge in [0.2, 0.25) is 0 Å². The van der Waals surface area contributed by atoms with E-state index in [1.807, 2.05) is 0 Å². The van der Waals surface area contributed by atoms with E-state index in [0.717, 1.165) is 6.08 Å². The lowest BCUT2D eigenvalue weighted by Crippen LogP contribution is -1.99. The van der Waals surface area contributed by atoms with Gasteiger partial charge in [-0.3, -0.25) is 4.79 Å². The van der Waals surface area contributed by atoms with Crippen LogP contribution >= 0.6 is 23.2 Å². The molecule has 2 rings (SSSR count). The number of phenols is 1. The lowest BCUT2D eigenvalue weighted by molar-refractivity contribution is 0.0696. The highest BCUT2D eigenvalue weighted by Crippen LogP contribution is 2.31. The first-order valence-electron chi connectivity index (χ1n) is 6.65. The average Bonchev–Trinajstić information content (AvgIpc) is 2.52. The predicted molar refractivity (Wildman–Crippen MR) is 91.4 cm³/mol. The molecule has 0 amide bonds. The number of carbonyl (C=O) groups is 2.